The van der Waals surface area contributed by atoms with E-state index in [2.05, 4.69) is 12.6 Å². The molecule has 0 fully saturated rings. The molecule has 0 aliphatic rings. The van der Waals surface area contributed by atoms with Crippen molar-refractivity contribution in [2.75, 3.05) is 0 Å². The Hall–Kier alpha value is -0.280. The summed E-state index contributed by atoms with van der Waals surface area (Å²) < 4.78 is 0. The molecule has 0 saturated carbocycles. The predicted octanol–water partition coefficient (Wildman–Crippen LogP) is 2.16. The molecule has 0 radical (unpaired) electrons. The predicted molar refractivity (Wildman–Crippen MR) is 41.7 cm³/mol. The van der Waals surface area contributed by atoms with Gasteiger partial charge in [-0.2, -0.15) is 0 Å². The number of thiol groups is 1. The minimum atomic E-state index is 0.778. The van der Waals surface area contributed by atoms with E-state index in [0.29, 0.717) is 0 Å². The van der Waals surface area contributed by atoms with Gasteiger partial charge in [0, 0.05) is 10.3 Å². The third-order valence-corrected chi connectivity index (χ3v) is 2.81. The lowest BCUT2D eigenvalue weighted by molar-refractivity contribution is 0.112. The van der Waals surface area contributed by atoms with Crippen LogP contribution in [0.1, 0.15) is 15.2 Å². The van der Waals surface area contributed by atoms with Crippen LogP contribution in [0, 0.1) is 6.92 Å². The molecule has 9 heavy (non-hydrogen) atoms. The molecular weight excluding hydrogens is 152 g/mol. The van der Waals surface area contributed by atoms with E-state index in [1.54, 1.807) is 0 Å². The zero-order valence-electron chi connectivity index (χ0n) is 4.92. The van der Waals surface area contributed by atoms with Crippen molar-refractivity contribution in [1.82, 2.24) is 0 Å². The second-order valence-corrected chi connectivity index (χ2v) is 3.12. The number of thiophene rings is 1. The number of rotatable bonds is 1. The lowest BCUT2D eigenvalue weighted by Crippen LogP contribution is -1.74. The maximum Gasteiger partial charge on any atom is 0.160 e. The van der Waals surface area contributed by atoms with Crippen molar-refractivity contribution in [3.63, 3.8) is 0 Å². The fourth-order valence-corrected chi connectivity index (χ4v) is 1.65. The van der Waals surface area contributed by atoms with Crippen molar-refractivity contribution in [2.24, 2.45) is 0 Å². The first-order valence-corrected chi connectivity index (χ1v) is 3.80. The quantitative estimate of drug-likeness (QED) is 0.489. The van der Waals surface area contributed by atoms with Gasteiger partial charge in [-0.1, -0.05) is 0 Å². The Morgan fingerprint density at radius 2 is 2.44 bits per heavy atom. The second-order valence-electron chi connectivity index (χ2n) is 1.73. The van der Waals surface area contributed by atoms with Gasteiger partial charge in [-0.15, -0.1) is 24.0 Å². The Labute approximate surface area is 63.1 Å². The molecule has 1 heterocycles. The number of aldehydes is 1. The Balaban J connectivity index is 3.18. The van der Waals surface area contributed by atoms with Gasteiger partial charge in [0.2, 0.25) is 0 Å². The largest absolute Gasteiger partial charge is 0.297 e. The van der Waals surface area contributed by atoms with Crippen molar-refractivity contribution < 1.29 is 4.79 Å². The fourth-order valence-electron chi connectivity index (χ4n) is 0.538. The summed E-state index contributed by atoms with van der Waals surface area (Å²) >= 11 is 5.56. The van der Waals surface area contributed by atoms with Crippen LogP contribution in [0.15, 0.2) is 10.3 Å². The van der Waals surface area contributed by atoms with Crippen LogP contribution in [0.5, 0.6) is 0 Å². The standard InChI is InChI=1S/C6H6OS2/c1-4-5(8)3-9-6(4)2-7/h2-3,8H,1H3. The minimum Gasteiger partial charge on any atom is -0.297 e. The van der Waals surface area contributed by atoms with Gasteiger partial charge in [-0.05, 0) is 12.5 Å². The van der Waals surface area contributed by atoms with Gasteiger partial charge in [-0.3, -0.25) is 4.79 Å². The number of hydrogen-bond acceptors (Lipinski definition) is 3. The van der Waals surface area contributed by atoms with Crippen molar-refractivity contribution in [3.8, 4) is 0 Å². The van der Waals surface area contributed by atoms with E-state index in [1.165, 1.54) is 11.3 Å². The molecule has 1 nitrogen and oxygen atoms in total. The van der Waals surface area contributed by atoms with Crippen LogP contribution >= 0.6 is 24.0 Å². The van der Waals surface area contributed by atoms with Crippen LogP contribution < -0.4 is 0 Å². The SMILES string of the molecule is Cc1c(S)csc1C=O. The van der Waals surface area contributed by atoms with Gasteiger partial charge in [-0.25, -0.2) is 0 Å². The average Bonchev–Trinajstić information content (AvgIpc) is 2.15. The summed E-state index contributed by atoms with van der Waals surface area (Å²) in [5.41, 5.74) is 0.985. The Morgan fingerprint density at radius 1 is 1.78 bits per heavy atom. The number of carbonyl (C=O) groups excluding carboxylic acids is 1. The molecule has 3 heteroatoms. The molecule has 1 rings (SSSR count). The van der Waals surface area contributed by atoms with Crippen molar-refractivity contribution in [1.29, 1.82) is 0 Å². The molecule has 0 N–H and O–H groups in total. The molecule has 1 aromatic heterocycles. The molecular formula is C6H6OS2. The summed E-state index contributed by atoms with van der Waals surface area (Å²) in [6.45, 7) is 1.89. The number of carbonyl (C=O) groups is 1. The van der Waals surface area contributed by atoms with E-state index in [1.807, 2.05) is 12.3 Å². The van der Waals surface area contributed by atoms with Gasteiger partial charge in [0.1, 0.15) is 0 Å². The Morgan fingerprint density at radius 3 is 2.67 bits per heavy atom. The van der Waals surface area contributed by atoms with Gasteiger partial charge in [0.15, 0.2) is 6.29 Å². The molecule has 0 aliphatic heterocycles. The summed E-state index contributed by atoms with van der Waals surface area (Å²) in [6, 6.07) is 0. The monoisotopic (exact) mass is 158 g/mol. The molecule has 0 unspecified atom stereocenters. The van der Waals surface area contributed by atoms with Gasteiger partial charge in [0.25, 0.3) is 0 Å². The summed E-state index contributed by atoms with van der Waals surface area (Å²) in [5, 5.41) is 1.86. The summed E-state index contributed by atoms with van der Waals surface area (Å²) in [5.74, 6) is 0. The lowest BCUT2D eigenvalue weighted by Gasteiger charge is -1.85. The minimum absolute atomic E-state index is 0.778. The fraction of sp³-hybridized carbons (Fsp3) is 0.167. The van der Waals surface area contributed by atoms with E-state index < -0.39 is 0 Å². The van der Waals surface area contributed by atoms with E-state index in [9.17, 15) is 4.79 Å². The smallest absolute Gasteiger partial charge is 0.160 e. The highest BCUT2D eigenvalue weighted by molar-refractivity contribution is 7.80. The van der Waals surface area contributed by atoms with Crippen molar-refractivity contribution >= 4 is 30.3 Å². The van der Waals surface area contributed by atoms with Crippen LogP contribution in [0.25, 0.3) is 0 Å². The van der Waals surface area contributed by atoms with Crippen LogP contribution in [0.4, 0.5) is 0 Å². The van der Waals surface area contributed by atoms with E-state index in [4.69, 9.17) is 0 Å². The van der Waals surface area contributed by atoms with Crippen molar-refractivity contribution in [3.05, 3.63) is 15.8 Å². The normalized spacial score (nSPS) is 9.56. The third-order valence-electron chi connectivity index (χ3n) is 1.16. The first-order chi connectivity index (χ1) is 4.25. The molecule has 0 spiro atoms. The van der Waals surface area contributed by atoms with Gasteiger partial charge < -0.3 is 0 Å². The summed E-state index contributed by atoms with van der Waals surface area (Å²) in [4.78, 5) is 11.9. The second kappa shape index (κ2) is 2.54. The lowest BCUT2D eigenvalue weighted by atomic mass is 10.3. The highest BCUT2D eigenvalue weighted by atomic mass is 32.1. The first kappa shape index (κ1) is 6.83. The van der Waals surface area contributed by atoms with Crippen molar-refractivity contribution in [2.45, 2.75) is 11.8 Å². The maximum atomic E-state index is 10.2. The zero-order chi connectivity index (χ0) is 6.85. The Bertz CT molecular complexity index is 227. The van der Waals surface area contributed by atoms with Crippen LogP contribution in [-0.4, -0.2) is 6.29 Å². The van der Waals surface area contributed by atoms with Crippen LogP contribution in [0.3, 0.4) is 0 Å². The van der Waals surface area contributed by atoms with Crippen LogP contribution in [-0.2, 0) is 0 Å². The molecule has 0 atom stereocenters. The zero-order valence-corrected chi connectivity index (χ0v) is 6.63. The molecule has 0 aliphatic carbocycles. The van der Waals surface area contributed by atoms with Gasteiger partial charge in [0.05, 0.1) is 4.88 Å². The molecule has 0 saturated heterocycles. The topological polar surface area (TPSA) is 17.1 Å². The summed E-state index contributed by atoms with van der Waals surface area (Å²) in [7, 11) is 0. The summed E-state index contributed by atoms with van der Waals surface area (Å²) in [6.07, 6.45) is 0.861. The van der Waals surface area contributed by atoms with Crippen LogP contribution in [0.2, 0.25) is 0 Å². The average molecular weight is 158 g/mol. The Kier molecular flexibility index (Phi) is 1.93. The molecule has 48 valence electrons. The highest BCUT2D eigenvalue weighted by Gasteiger charge is 2.00. The molecule has 0 amide bonds. The molecule has 0 bridgehead atoms. The van der Waals surface area contributed by atoms with E-state index in [0.717, 1.165) is 21.6 Å². The van der Waals surface area contributed by atoms with Gasteiger partial charge >= 0.3 is 0 Å². The molecule has 1 aromatic rings. The first-order valence-electron chi connectivity index (χ1n) is 2.48. The van der Waals surface area contributed by atoms with E-state index in [-0.39, 0.29) is 0 Å². The molecule has 0 aromatic carbocycles. The van der Waals surface area contributed by atoms with E-state index >= 15 is 0 Å². The number of hydrogen-bond donors (Lipinski definition) is 1. The maximum absolute atomic E-state index is 10.2. The third kappa shape index (κ3) is 1.17. The highest BCUT2D eigenvalue weighted by Crippen LogP contribution is 2.22.